The highest BCUT2D eigenvalue weighted by Crippen LogP contribution is 2.23. The Balaban J connectivity index is 2.63. The van der Waals surface area contributed by atoms with Gasteiger partial charge in [-0.15, -0.1) is 0 Å². The zero-order valence-corrected chi connectivity index (χ0v) is 7.73. The molecule has 5 heteroatoms. The fourth-order valence-corrected chi connectivity index (χ4v) is 1.52. The quantitative estimate of drug-likeness (QED) is 0.752. The number of hydrogen-bond donors (Lipinski definition) is 1. The van der Waals surface area contributed by atoms with E-state index >= 15 is 0 Å². The van der Waals surface area contributed by atoms with E-state index in [9.17, 15) is 4.79 Å². The monoisotopic (exact) mass is 202 g/mol. The van der Waals surface area contributed by atoms with Crippen LogP contribution in [0.5, 0.6) is 0 Å². The molecule has 0 saturated carbocycles. The molecule has 0 aliphatic carbocycles. The molecule has 0 aliphatic rings. The molecule has 1 rings (SSSR count). The Kier molecular flexibility index (Phi) is 3.37. The molecule has 0 aliphatic heterocycles. The van der Waals surface area contributed by atoms with Crippen LogP contribution in [0.3, 0.4) is 0 Å². The van der Waals surface area contributed by atoms with Gasteiger partial charge < -0.3 is 5.73 Å². The first-order chi connectivity index (χ1) is 5.70. The number of primary amides is 1. The van der Waals surface area contributed by atoms with Crippen LogP contribution < -0.4 is 5.73 Å². The number of thioether (sulfide) groups is 1. The first kappa shape index (κ1) is 9.35. The molecule has 1 amide bonds. The van der Waals surface area contributed by atoms with Crippen LogP contribution in [-0.2, 0) is 4.79 Å². The molecule has 2 N–H and O–H groups in total. The summed E-state index contributed by atoms with van der Waals surface area (Å²) in [5.74, 6) is -0.168. The highest BCUT2D eigenvalue weighted by molar-refractivity contribution is 8.00. The van der Waals surface area contributed by atoms with Crippen molar-refractivity contribution < 1.29 is 4.79 Å². The van der Waals surface area contributed by atoms with Crippen molar-refractivity contribution >= 4 is 29.3 Å². The van der Waals surface area contributed by atoms with Crippen LogP contribution in [0.15, 0.2) is 23.4 Å². The third-order valence-corrected chi connectivity index (χ3v) is 2.52. The summed E-state index contributed by atoms with van der Waals surface area (Å²) < 4.78 is 0. The Bertz CT molecular complexity index is 292. The number of carbonyl (C=O) groups excluding carboxylic acids is 1. The van der Waals surface area contributed by atoms with E-state index in [-0.39, 0.29) is 11.7 Å². The molecule has 0 unspecified atom stereocenters. The topological polar surface area (TPSA) is 56.0 Å². The van der Waals surface area contributed by atoms with Crippen molar-refractivity contribution in [1.29, 1.82) is 0 Å². The van der Waals surface area contributed by atoms with E-state index in [1.165, 1.54) is 11.8 Å². The molecule has 0 aromatic carbocycles. The van der Waals surface area contributed by atoms with Crippen LogP contribution in [0.4, 0.5) is 0 Å². The minimum Gasteiger partial charge on any atom is -0.369 e. The number of nitrogens with zero attached hydrogens (tertiary/aromatic N) is 1. The summed E-state index contributed by atoms with van der Waals surface area (Å²) in [6.45, 7) is 0. The summed E-state index contributed by atoms with van der Waals surface area (Å²) >= 11 is 7.01. The number of rotatable bonds is 3. The normalized spacial score (nSPS) is 9.75. The maximum Gasteiger partial charge on any atom is 0.227 e. The van der Waals surface area contributed by atoms with Gasteiger partial charge in [-0.2, -0.15) is 0 Å². The lowest BCUT2D eigenvalue weighted by atomic mass is 10.5. The van der Waals surface area contributed by atoms with Crippen LogP contribution >= 0.6 is 23.4 Å². The predicted octanol–water partition coefficient (Wildman–Crippen LogP) is 1.31. The maximum absolute atomic E-state index is 10.4. The van der Waals surface area contributed by atoms with Crippen LogP contribution in [0, 0.1) is 0 Å². The minimum absolute atomic E-state index is 0.205. The van der Waals surface area contributed by atoms with Gasteiger partial charge >= 0.3 is 0 Å². The molecular formula is C7H7ClN2OS. The molecular weight excluding hydrogens is 196 g/mol. The van der Waals surface area contributed by atoms with Gasteiger partial charge in [0.05, 0.1) is 10.8 Å². The maximum atomic E-state index is 10.4. The minimum atomic E-state index is -0.373. The second-order valence-corrected chi connectivity index (χ2v) is 3.42. The van der Waals surface area contributed by atoms with E-state index in [4.69, 9.17) is 17.3 Å². The lowest BCUT2D eigenvalue weighted by Gasteiger charge is -1.98. The van der Waals surface area contributed by atoms with Gasteiger partial charge in [0.25, 0.3) is 0 Å². The summed E-state index contributed by atoms with van der Waals surface area (Å²) in [4.78, 5) is 14.4. The molecule has 0 radical (unpaired) electrons. The van der Waals surface area contributed by atoms with Gasteiger partial charge in [-0.05, 0) is 12.1 Å². The van der Waals surface area contributed by atoms with Crippen LogP contribution in [-0.4, -0.2) is 16.6 Å². The number of halogens is 1. The third-order valence-electron chi connectivity index (χ3n) is 1.08. The molecule has 0 spiro atoms. The van der Waals surface area contributed by atoms with Crippen molar-refractivity contribution in [3.63, 3.8) is 0 Å². The molecule has 0 fully saturated rings. The molecule has 1 aromatic rings. The van der Waals surface area contributed by atoms with E-state index in [2.05, 4.69) is 4.98 Å². The summed E-state index contributed by atoms with van der Waals surface area (Å²) in [7, 11) is 0. The van der Waals surface area contributed by atoms with Gasteiger partial charge in [0.2, 0.25) is 5.91 Å². The molecule has 0 saturated heterocycles. The van der Waals surface area contributed by atoms with E-state index in [0.29, 0.717) is 10.0 Å². The molecule has 12 heavy (non-hydrogen) atoms. The number of nitrogens with two attached hydrogens (primary N) is 1. The van der Waals surface area contributed by atoms with E-state index in [1.807, 2.05) is 0 Å². The zero-order chi connectivity index (χ0) is 8.97. The second kappa shape index (κ2) is 4.33. The smallest absolute Gasteiger partial charge is 0.227 e. The van der Waals surface area contributed by atoms with Crippen molar-refractivity contribution in [1.82, 2.24) is 4.98 Å². The highest BCUT2D eigenvalue weighted by atomic mass is 35.5. The van der Waals surface area contributed by atoms with E-state index in [0.717, 1.165) is 0 Å². The van der Waals surface area contributed by atoms with E-state index < -0.39 is 0 Å². The van der Waals surface area contributed by atoms with Crippen LogP contribution in [0.25, 0.3) is 0 Å². The van der Waals surface area contributed by atoms with Gasteiger partial charge in [0.1, 0.15) is 5.03 Å². The number of amides is 1. The van der Waals surface area contributed by atoms with Crippen LogP contribution in [0.2, 0.25) is 5.02 Å². The molecule has 1 aromatic heterocycles. The number of carbonyl (C=O) groups is 1. The largest absolute Gasteiger partial charge is 0.369 e. The van der Waals surface area contributed by atoms with Gasteiger partial charge in [0, 0.05) is 6.20 Å². The van der Waals surface area contributed by atoms with Gasteiger partial charge in [-0.1, -0.05) is 23.4 Å². The van der Waals surface area contributed by atoms with Gasteiger partial charge in [-0.25, -0.2) is 4.98 Å². The summed E-state index contributed by atoms with van der Waals surface area (Å²) in [5.41, 5.74) is 4.96. The fourth-order valence-electron chi connectivity index (χ4n) is 0.617. The number of hydrogen-bond acceptors (Lipinski definition) is 3. The fraction of sp³-hybridized carbons (Fsp3) is 0.143. The molecule has 0 bridgehead atoms. The molecule has 64 valence electrons. The lowest BCUT2D eigenvalue weighted by molar-refractivity contribution is -0.115. The van der Waals surface area contributed by atoms with Crippen molar-refractivity contribution in [3.8, 4) is 0 Å². The second-order valence-electron chi connectivity index (χ2n) is 2.05. The zero-order valence-electron chi connectivity index (χ0n) is 6.16. The predicted molar refractivity (Wildman–Crippen MR) is 49.2 cm³/mol. The van der Waals surface area contributed by atoms with Gasteiger partial charge in [0.15, 0.2) is 0 Å². The summed E-state index contributed by atoms with van der Waals surface area (Å²) in [5, 5.41) is 1.18. The van der Waals surface area contributed by atoms with E-state index in [1.54, 1.807) is 18.3 Å². The first-order valence-corrected chi connectivity index (χ1v) is 4.58. The molecule has 3 nitrogen and oxygen atoms in total. The highest BCUT2D eigenvalue weighted by Gasteiger charge is 2.02. The van der Waals surface area contributed by atoms with Crippen LogP contribution in [0.1, 0.15) is 0 Å². The van der Waals surface area contributed by atoms with Crippen molar-refractivity contribution in [3.05, 3.63) is 23.4 Å². The first-order valence-electron chi connectivity index (χ1n) is 3.22. The average Bonchev–Trinajstić information content (AvgIpc) is 2.03. The van der Waals surface area contributed by atoms with Crippen molar-refractivity contribution in [2.45, 2.75) is 5.03 Å². The Labute approximate surface area is 79.3 Å². The lowest BCUT2D eigenvalue weighted by Crippen LogP contribution is -2.13. The Morgan fingerprint density at radius 1 is 1.75 bits per heavy atom. The standard InChI is InChI=1S/C7H7ClN2OS/c8-5-2-1-3-10-7(5)12-4-6(9)11/h1-3H,4H2,(H2,9,11). The Morgan fingerprint density at radius 3 is 3.08 bits per heavy atom. The van der Waals surface area contributed by atoms with Crippen molar-refractivity contribution in [2.75, 3.05) is 5.75 Å². The Hall–Kier alpha value is -0.740. The Morgan fingerprint density at radius 2 is 2.50 bits per heavy atom. The van der Waals surface area contributed by atoms with Gasteiger partial charge in [-0.3, -0.25) is 4.79 Å². The molecule has 1 heterocycles. The molecule has 0 atom stereocenters. The van der Waals surface area contributed by atoms with Crippen molar-refractivity contribution in [2.24, 2.45) is 5.73 Å². The number of pyridine rings is 1. The summed E-state index contributed by atoms with van der Waals surface area (Å²) in [6, 6.07) is 3.45. The average molecular weight is 203 g/mol. The summed E-state index contributed by atoms with van der Waals surface area (Å²) in [6.07, 6.45) is 1.62. The number of aromatic nitrogens is 1. The third kappa shape index (κ3) is 2.71. The SMILES string of the molecule is NC(=O)CSc1ncccc1Cl.